The lowest BCUT2D eigenvalue weighted by Gasteiger charge is -2.22. The van der Waals surface area contributed by atoms with E-state index in [1.807, 2.05) is 80.8 Å². The molecule has 43 heavy (non-hydrogen) atoms. The van der Waals surface area contributed by atoms with Crippen LogP contribution in [-0.4, -0.2) is 40.6 Å². The Balaban J connectivity index is 0.000000356. The van der Waals surface area contributed by atoms with Gasteiger partial charge in [-0.25, -0.2) is 9.97 Å². The third-order valence-corrected chi connectivity index (χ3v) is 7.43. The van der Waals surface area contributed by atoms with E-state index >= 15 is 0 Å². The zero-order chi connectivity index (χ0) is 30.9. The quantitative estimate of drug-likeness (QED) is 0.187. The van der Waals surface area contributed by atoms with E-state index in [2.05, 4.69) is 44.3 Å². The first kappa shape index (κ1) is 33.1. The molecule has 1 unspecified atom stereocenters. The third-order valence-electron chi connectivity index (χ3n) is 7.43. The van der Waals surface area contributed by atoms with E-state index < -0.39 is 12.0 Å². The number of carbonyl (C=O) groups is 2. The molecule has 4 aromatic rings. The van der Waals surface area contributed by atoms with Gasteiger partial charge >= 0.3 is 5.97 Å². The molecule has 1 aliphatic carbocycles. The highest BCUT2D eigenvalue weighted by molar-refractivity contribution is 5.74. The Bertz CT molecular complexity index is 1350. The molecule has 1 atom stereocenters. The van der Waals surface area contributed by atoms with Gasteiger partial charge in [-0.1, -0.05) is 112 Å². The number of aromatic nitrogens is 2. The van der Waals surface area contributed by atoms with Crippen molar-refractivity contribution in [1.82, 2.24) is 15.3 Å². The number of nitrogens with zero attached hydrogens (tertiary/aromatic N) is 2. The molecule has 7 heteroatoms. The molecule has 0 radical (unpaired) electrons. The molecule has 0 amide bonds. The van der Waals surface area contributed by atoms with E-state index in [0.29, 0.717) is 31.2 Å². The fourth-order valence-corrected chi connectivity index (χ4v) is 5.05. The molecule has 1 fully saturated rings. The predicted octanol–water partition coefficient (Wildman–Crippen LogP) is 7.46. The van der Waals surface area contributed by atoms with Crippen LogP contribution in [0.5, 0.6) is 0 Å². The predicted molar refractivity (Wildman–Crippen MR) is 172 cm³/mol. The maximum Gasteiger partial charge on any atom is 0.321 e. The first-order valence-electron chi connectivity index (χ1n) is 15.1. The first-order chi connectivity index (χ1) is 21.1. The summed E-state index contributed by atoms with van der Waals surface area (Å²) >= 11 is 0. The van der Waals surface area contributed by atoms with Crippen LogP contribution >= 0.6 is 0 Å². The second kappa shape index (κ2) is 18.2. The van der Waals surface area contributed by atoms with Crippen molar-refractivity contribution in [3.63, 3.8) is 0 Å². The van der Waals surface area contributed by atoms with Gasteiger partial charge in [-0.15, -0.1) is 0 Å². The summed E-state index contributed by atoms with van der Waals surface area (Å²) in [4.78, 5) is 30.1. The summed E-state index contributed by atoms with van der Waals surface area (Å²) in [5.41, 5.74) is 6.47. The van der Waals surface area contributed by atoms with Crippen molar-refractivity contribution in [1.29, 1.82) is 0 Å². The van der Waals surface area contributed by atoms with E-state index in [1.165, 1.54) is 37.7 Å². The topological polar surface area (TPSA) is 101 Å². The smallest absolute Gasteiger partial charge is 0.321 e. The van der Waals surface area contributed by atoms with E-state index in [-0.39, 0.29) is 0 Å². The SMILES string of the molecule is CC.CNC(Cc1ccc(-c2ncc(-c3ccc(C4CCCCC4)cc3)cn2)cc1)C(=O)O.O=COCc1ccccc1. The molecule has 1 saturated carbocycles. The van der Waals surface area contributed by atoms with Gasteiger partial charge in [0, 0.05) is 23.5 Å². The lowest BCUT2D eigenvalue weighted by molar-refractivity contribution is -0.139. The first-order valence-corrected chi connectivity index (χ1v) is 15.1. The number of aliphatic carboxylic acids is 1. The molecule has 1 aliphatic rings. The van der Waals surface area contributed by atoms with Crippen molar-refractivity contribution in [3.8, 4) is 22.5 Å². The Hall–Kier alpha value is -4.36. The van der Waals surface area contributed by atoms with Crippen LogP contribution in [0.15, 0.2) is 91.3 Å². The number of hydrogen-bond acceptors (Lipinski definition) is 6. The lowest BCUT2D eigenvalue weighted by atomic mass is 9.84. The Kier molecular flexibility index (Phi) is 14.1. The van der Waals surface area contributed by atoms with Crippen molar-refractivity contribution in [3.05, 3.63) is 108 Å². The van der Waals surface area contributed by atoms with Crippen molar-refractivity contribution >= 4 is 12.4 Å². The second-order valence-corrected chi connectivity index (χ2v) is 10.2. The molecular weight excluding hydrogens is 538 g/mol. The maximum absolute atomic E-state index is 11.2. The Morgan fingerprint density at radius 1 is 0.860 bits per heavy atom. The van der Waals surface area contributed by atoms with Gasteiger partial charge in [0.25, 0.3) is 6.47 Å². The van der Waals surface area contributed by atoms with E-state index in [9.17, 15) is 14.7 Å². The number of likely N-dealkylation sites (N-methyl/N-ethyl adjacent to an activating group) is 1. The van der Waals surface area contributed by atoms with Gasteiger partial charge in [-0.3, -0.25) is 9.59 Å². The van der Waals surface area contributed by atoms with Crippen molar-refractivity contribution < 1.29 is 19.4 Å². The molecule has 0 aliphatic heterocycles. The highest BCUT2D eigenvalue weighted by atomic mass is 16.5. The third kappa shape index (κ3) is 10.5. The summed E-state index contributed by atoms with van der Waals surface area (Å²) in [7, 11) is 1.66. The van der Waals surface area contributed by atoms with Crippen LogP contribution in [0.25, 0.3) is 22.5 Å². The zero-order valence-corrected chi connectivity index (χ0v) is 25.4. The standard InChI is InChI=1S/C26H29N3O2.C8H8O2.C2H6/c1-27-24(26(30)31)15-18-7-9-22(10-8-18)25-28-16-23(17-29-25)21-13-11-20(12-14-21)19-5-3-2-4-6-19;9-7-10-6-8-4-2-1-3-5-8;1-2/h7-14,16-17,19,24,27H,2-6,15H2,1H3,(H,30,31);1-5,7H,6H2;1-2H3. The number of ether oxygens (including phenoxy) is 1. The van der Waals surface area contributed by atoms with Gasteiger partial charge < -0.3 is 15.2 Å². The molecule has 1 aromatic heterocycles. The van der Waals surface area contributed by atoms with E-state index in [0.717, 1.165) is 27.8 Å². The van der Waals surface area contributed by atoms with Crippen LogP contribution in [0.4, 0.5) is 0 Å². The minimum atomic E-state index is -0.850. The number of nitrogens with one attached hydrogen (secondary N) is 1. The van der Waals surface area contributed by atoms with Crippen LogP contribution in [0.3, 0.4) is 0 Å². The van der Waals surface area contributed by atoms with Gasteiger partial charge in [0.15, 0.2) is 5.82 Å². The van der Waals surface area contributed by atoms with Crippen LogP contribution in [-0.2, 0) is 27.4 Å². The average molecular weight is 582 g/mol. The van der Waals surface area contributed by atoms with Gasteiger partial charge in [-0.05, 0) is 54.5 Å². The monoisotopic (exact) mass is 581 g/mol. The number of benzene rings is 3. The van der Waals surface area contributed by atoms with Gasteiger partial charge in [-0.2, -0.15) is 0 Å². The maximum atomic E-state index is 11.2. The molecule has 0 bridgehead atoms. The molecule has 1 heterocycles. The number of carboxylic acids is 1. The van der Waals surface area contributed by atoms with E-state index in [1.54, 1.807) is 7.05 Å². The summed E-state index contributed by atoms with van der Waals surface area (Å²) < 4.78 is 4.54. The van der Waals surface area contributed by atoms with Crippen LogP contribution in [0.1, 0.15) is 68.6 Å². The van der Waals surface area contributed by atoms with Crippen molar-refractivity contribution in [2.24, 2.45) is 0 Å². The summed E-state index contributed by atoms with van der Waals surface area (Å²) in [6.45, 7) is 4.82. The minimum absolute atomic E-state index is 0.365. The zero-order valence-electron chi connectivity index (χ0n) is 25.4. The summed E-state index contributed by atoms with van der Waals surface area (Å²) in [6.07, 6.45) is 10.9. The highest BCUT2D eigenvalue weighted by Crippen LogP contribution is 2.33. The van der Waals surface area contributed by atoms with E-state index in [4.69, 9.17) is 0 Å². The van der Waals surface area contributed by atoms with Crippen LogP contribution in [0, 0.1) is 0 Å². The normalized spacial score (nSPS) is 13.4. The second-order valence-electron chi connectivity index (χ2n) is 10.2. The Morgan fingerprint density at radius 2 is 1.47 bits per heavy atom. The Labute approximate surface area is 255 Å². The number of hydrogen-bond donors (Lipinski definition) is 2. The highest BCUT2D eigenvalue weighted by Gasteiger charge is 2.16. The number of carboxylic acid groups (broad SMARTS) is 1. The average Bonchev–Trinajstić information content (AvgIpc) is 3.08. The summed E-state index contributed by atoms with van der Waals surface area (Å²) in [5, 5.41) is 12.0. The summed E-state index contributed by atoms with van der Waals surface area (Å²) in [6, 6.07) is 25.6. The van der Waals surface area contributed by atoms with Crippen LogP contribution < -0.4 is 5.32 Å². The van der Waals surface area contributed by atoms with Gasteiger partial charge in [0.1, 0.15) is 12.6 Å². The van der Waals surface area contributed by atoms with Crippen molar-refractivity contribution in [2.45, 2.75) is 70.9 Å². The molecular formula is C36H43N3O4. The molecule has 3 aromatic carbocycles. The molecule has 226 valence electrons. The molecule has 0 saturated heterocycles. The molecule has 0 spiro atoms. The lowest BCUT2D eigenvalue weighted by Crippen LogP contribution is -2.35. The van der Waals surface area contributed by atoms with Gasteiger partial charge in [0.05, 0.1) is 0 Å². The number of carbonyl (C=O) groups excluding carboxylic acids is 1. The fraction of sp³-hybridized carbons (Fsp3) is 0.333. The Morgan fingerprint density at radius 3 is 2.02 bits per heavy atom. The van der Waals surface area contributed by atoms with Gasteiger partial charge in [0.2, 0.25) is 0 Å². The minimum Gasteiger partial charge on any atom is -0.480 e. The van der Waals surface area contributed by atoms with Crippen molar-refractivity contribution in [2.75, 3.05) is 7.05 Å². The molecule has 5 rings (SSSR count). The summed E-state index contributed by atoms with van der Waals surface area (Å²) in [5.74, 6) is 0.526. The largest absolute Gasteiger partial charge is 0.480 e. The fourth-order valence-electron chi connectivity index (χ4n) is 5.05. The number of rotatable bonds is 10. The molecule has 7 nitrogen and oxygen atoms in total. The van der Waals surface area contributed by atoms with Crippen LogP contribution in [0.2, 0.25) is 0 Å². The molecule has 2 N–H and O–H groups in total.